The van der Waals surface area contributed by atoms with E-state index in [0.29, 0.717) is 6.04 Å². The van der Waals surface area contributed by atoms with Crippen LogP contribution in [0.3, 0.4) is 0 Å². The first-order valence-electron chi connectivity index (χ1n) is 7.24. The van der Waals surface area contributed by atoms with Crippen molar-refractivity contribution in [1.82, 2.24) is 10.3 Å². The van der Waals surface area contributed by atoms with E-state index in [4.69, 9.17) is 0 Å². The summed E-state index contributed by atoms with van der Waals surface area (Å²) in [5, 5.41) is 3.44. The maximum atomic E-state index is 4.16. The summed E-state index contributed by atoms with van der Waals surface area (Å²) in [4.78, 5) is 6.39. The van der Waals surface area contributed by atoms with Gasteiger partial charge in [0.25, 0.3) is 0 Å². The Morgan fingerprint density at radius 3 is 2.76 bits per heavy atom. The largest absolute Gasteiger partial charge is 0.370 e. The Morgan fingerprint density at radius 1 is 1.33 bits per heavy atom. The predicted octanol–water partition coefficient (Wildman–Crippen LogP) is 4.15. The molecule has 0 aliphatic heterocycles. The summed E-state index contributed by atoms with van der Waals surface area (Å²) in [5.41, 5.74) is 3.69. The molecule has 0 aliphatic rings. The minimum Gasteiger partial charge on any atom is -0.370 e. The molecular weight excluding hydrogens is 326 g/mol. The number of nitrogens with zero attached hydrogens (tertiary/aromatic N) is 2. The topological polar surface area (TPSA) is 28.2 Å². The van der Waals surface area contributed by atoms with E-state index >= 15 is 0 Å². The SMILES string of the molecule is CCNC(C)c1ccc(N(C)Cc2cccnc2)cc1Br. The molecule has 2 rings (SSSR count). The molecule has 1 atom stereocenters. The lowest BCUT2D eigenvalue weighted by Crippen LogP contribution is -2.19. The summed E-state index contributed by atoms with van der Waals surface area (Å²) >= 11 is 3.69. The van der Waals surface area contributed by atoms with Gasteiger partial charge in [-0.1, -0.05) is 35.0 Å². The average molecular weight is 348 g/mol. The Kier molecular flexibility index (Phi) is 5.76. The summed E-state index contributed by atoms with van der Waals surface area (Å²) in [7, 11) is 2.10. The normalized spacial score (nSPS) is 12.2. The van der Waals surface area contributed by atoms with E-state index < -0.39 is 0 Å². The van der Waals surface area contributed by atoms with Crippen molar-refractivity contribution in [2.75, 3.05) is 18.5 Å². The van der Waals surface area contributed by atoms with Gasteiger partial charge in [0.05, 0.1) is 0 Å². The number of aromatic nitrogens is 1. The summed E-state index contributed by atoms with van der Waals surface area (Å²) in [6.45, 7) is 6.13. The van der Waals surface area contributed by atoms with Crippen molar-refractivity contribution >= 4 is 21.6 Å². The molecule has 1 aromatic heterocycles. The molecule has 0 fully saturated rings. The minimum atomic E-state index is 0.349. The molecule has 3 nitrogen and oxygen atoms in total. The van der Waals surface area contributed by atoms with Gasteiger partial charge in [0.2, 0.25) is 0 Å². The molecule has 112 valence electrons. The van der Waals surface area contributed by atoms with Gasteiger partial charge in [0, 0.05) is 42.2 Å². The van der Waals surface area contributed by atoms with Crippen LogP contribution in [0, 0.1) is 0 Å². The fourth-order valence-electron chi connectivity index (χ4n) is 2.38. The van der Waals surface area contributed by atoms with Gasteiger partial charge in [-0.05, 0) is 42.8 Å². The van der Waals surface area contributed by atoms with Crippen LogP contribution in [0.1, 0.15) is 31.0 Å². The number of nitrogens with one attached hydrogen (secondary N) is 1. The van der Waals surface area contributed by atoms with Crippen LogP contribution < -0.4 is 10.2 Å². The van der Waals surface area contributed by atoms with E-state index in [1.807, 2.05) is 12.3 Å². The number of halogens is 1. The van der Waals surface area contributed by atoms with Crippen molar-refractivity contribution in [3.8, 4) is 0 Å². The highest BCUT2D eigenvalue weighted by Gasteiger charge is 2.10. The first-order chi connectivity index (χ1) is 10.1. The number of hydrogen-bond acceptors (Lipinski definition) is 3. The van der Waals surface area contributed by atoms with Crippen LogP contribution in [-0.2, 0) is 6.54 Å². The summed E-state index contributed by atoms with van der Waals surface area (Å²) in [6, 6.07) is 11.0. The molecule has 21 heavy (non-hydrogen) atoms. The van der Waals surface area contributed by atoms with Crippen molar-refractivity contribution in [2.24, 2.45) is 0 Å². The van der Waals surface area contributed by atoms with Gasteiger partial charge in [-0.2, -0.15) is 0 Å². The number of benzene rings is 1. The summed E-state index contributed by atoms with van der Waals surface area (Å²) in [5.74, 6) is 0. The van der Waals surface area contributed by atoms with Gasteiger partial charge in [-0.3, -0.25) is 4.98 Å². The second kappa shape index (κ2) is 7.57. The Bertz CT molecular complexity index is 572. The van der Waals surface area contributed by atoms with Crippen LogP contribution in [0.4, 0.5) is 5.69 Å². The maximum Gasteiger partial charge on any atom is 0.0441 e. The Balaban J connectivity index is 2.12. The molecule has 0 saturated heterocycles. The van der Waals surface area contributed by atoms with Crippen molar-refractivity contribution in [3.63, 3.8) is 0 Å². The molecule has 0 radical (unpaired) electrons. The quantitative estimate of drug-likeness (QED) is 0.850. The van der Waals surface area contributed by atoms with Crippen LogP contribution in [0.2, 0.25) is 0 Å². The second-order valence-corrected chi connectivity index (χ2v) is 6.06. The van der Waals surface area contributed by atoms with Crippen molar-refractivity contribution in [1.29, 1.82) is 0 Å². The monoisotopic (exact) mass is 347 g/mol. The molecular formula is C17H22BrN3. The zero-order valence-electron chi connectivity index (χ0n) is 12.8. The van der Waals surface area contributed by atoms with Crippen LogP contribution >= 0.6 is 15.9 Å². The van der Waals surface area contributed by atoms with E-state index in [9.17, 15) is 0 Å². The van der Waals surface area contributed by atoms with Gasteiger partial charge < -0.3 is 10.2 Å². The van der Waals surface area contributed by atoms with Crippen LogP contribution in [0.5, 0.6) is 0 Å². The molecule has 2 aromatic rings. The lowest BCUT2D eigenvalue weighted by Gasteiger charge is -2.22. The Hall–Kier alpha value is -1.39. The molecule has 1 N–H and O–H groups in total. The summed E-state index contributed by atoms with van der Waals surface area (Å²) < 4.78 is 1.14. The standard InChI is InChI=1S/C17H22BrN3/c1-4-20-13(2)16-8-7-15(10-17(16)18)21(3)12-14-6-5-9-19-11-14/h5-11,13,20H,4,12H2,1-3H3. The first kappa shape index (κ1) is 16.0. The van der Waals surface area contributed by atoms with E-state index in [2.05, 4.69) is 76.3 Å². The molecule has 1 aromatic carbocycles. The molecule has 0 aliphatic carbocycles. The zero-order valence-corrected chi connectivity index (χ0v) is 14.4. The van der Waals surface area contributed by atoms with Crippen LogP contribution in [0.15, 0.2) is 47.2 Å². The lowest BCUT2D eigenvalue weighted by atomic mass is 10.1. The van der Waals surface area contributed by atoms with E-state index in [1.165, 1.54) is 16.8 Å². The Morgan fingerprint density at radius 2 is 2.14 bits per heavy atom. The fourth-order valence-corrected chi connectivity index (χ4v) is 3.09. The number of hydrogen-bond donors (Lipinski definition) is 1. The highest BCUT2D eigenvalue weighted by atomic mass is 79.9. The van der Waals surface area contributed by atoms with Gasteiger partial charge in [0.1, 0.15) is 0 Å². The number of anilines is 1. The van der Waals surface area contributed by atoms with Gasteiger partial charge in [-0.15, -0.1) is 0 Å². The van der Waals surface area contributed by atoms with Gasteiger partial charge >= 0.3 is 0 Å². The fraction of sp³-hybridized carbons (Fsp3) is 0.353. The third-order valence-electron chi connectivity index (χ3n) is 3.54. The van der Waals surface area contributed by atoms with Crippen molar-refractivity contribution in [3.05, 3.63) is 58.3 Å². The highest BCUT2D eigenvalue weighted by molar-refractivity contribution is 9.10. The molecule has 0 saturated carbocycles. The summed E-state index contributed by atoms with van der Waals surface area (Å²) in [6.07, 6.45) is 3.71. The predicted molar refractivity (Wildman–Crippen MR) is 92.6 cm³/mol. The number of rotatable bonds is 6. The second-order valence-electron chi connectivity index (χ2n) is 5.20. The molecule has 1 heterocycles. The third kappa shape index (κ3) is 4.29. The minimum absolute atomic E-state index is 0.349. The van der Waals surface area contributed by atoms with Gasteiger partial charge in [0.15, 0.2) is 0 Å². The Labute approximate surface area is 135 Å². The van der Waals surface area contributed by atoms with Crippen molar-refractivity contribution in [2.45, 2.75) is 26.4 Å². The first-order valence-corrected chi connectivity index (χ1v) is 8.04. The van der Waals surface area contributed by atoms with Crippen molar-refractivity contribution < 1.29 is 0 Å². The van der Waals surface area contributed by atoms with Gasteiger partial charge in [-0.25, -0.2) is 0 Å². The van der Waals surface area contributed by atoms with E-state index in [1.54, 1.807) is 6.20 Å². The smallest absolute Gasteiger partial charge is 0.0441 e. The molecule has 0 bridgehead atoms. The molecule has 4 heteroatoms. The van der Waals surface area contributed by atoms with E-state index in [0.717, 1.165) is 17.6 Å². The average Bonchev–Trinajstić information content (AvgIpc) is 2.48. The zero-order chi connectivity index (χ0) is 15.2. The molecule has 1 unspecified atom stereocenters. The number of pyridine rings is 1. The molecule has 0 spiro atoms. The van der Waals surface area contributed by atoms with Crippen LogP contribution in [0.25, 0.3) is 0 Å². The molecule has 0 amide bonds. The van der Waals surface area contributed by atoms with E-state index in [-0.39, 0.29) is 0 Å². The highest BCUT2D eigenvalue weighted by Crippen LogP contribution is 2.28. The van der Waals surface area contributed by atoms with Crippen LogP contribution in [-0.4, -0.2) is 18.6 Å². The maximum absolute atomic E-state index is 4.16. The lowest BCUT2D eigenvalue weighted by molar-refractivity contribution is 0.596. The third-order valence-corrected chi connectivity index (χ3v) is 4.23.